The topological polar surface area (TPSA) is 76.3 Å². The van der Waals surface area contributed by atoms with E-state index >= 15 is 0 Å². The normalized spacial score (nSPS) is 22.2. The van der Waals surface area contributed by atoms with Crippen LogP contribution in [0.25, 0.3) is 10.9 Å². The molecular formula is C16H22ClN3O2S. The van der Waals surface area contributed by atoms with Crippen LogP contribution in [-0.2, 0) is 10.0 Å². The van der Waals surface area contributed by atoms with Crippen molar-refractivity contribution in [3.8, 4) is 0 Å². The zero-order chi connectivity index (χ0) is 16.0. The van der Waals surface area contributed by atoms with Gasteiger partial charge in [-0.1, -0.05) is 13.0 Å². The number of fused-ring (bicyclic) bond motifs is 1. The van der Waals surface area contributed by atoms with Crippen molar-refractivity contribution in [2.75, 3.05) is 19.6 Å². The molecule has 0 radical (unpaired) electrons. The van der Waals surface area contributed by atoms with Crippen LogP contribution in [0.2, 0.25) is 0 Å². The van der Waals surface area contributed by atoms with Crippen molar-refractivity contribution in [2.45, 2.75) is 25.2 Å². The first-order valence-corrected chi connectivity index (χ1v) is 8.86. The van der Waals surface area contributed by atoms with Crippen molar-refractivity contribution < 1.29 is 8.42 Å². The minimum absolute atomic E-state index is 0. The quantitative estimate of drug-likeness (QED) is 0.916. The molecule has 1 fully saturated rings. The molecule has 1 aromatic carbocycles. The zero-order valence-electron chi connectivity index (χ0n) is 13.3. The Labute approximate surface area is 143 Å². The summed E-state index contributed by atoms with van der Waals surface area (Å²) in [7, 11) is -3.53. The molecule has 0 spiro atoms. The maximum Gasteiger partial charge on any atom is 0.243 e. The van der Waals surface area contributed by atoms with Crippen molar-refractivity contribution >= 4 is 33.3 Å². The van der Waals surface area contributed by atoms with Gasteiger partial charge in [-0.15, -0.1) is 12.4 Å². The lowest BCUT2D eigenvalue weighted by Gasteiger charge is -2.23. The van der Waals surface area contributed by atoms with Crippen LogP contribution >= 0.6 is 12.4 Å². The predicted molar refractivity (Wildman–Crippen MR) is 94.3 cm³/mol. The van der Waals surface area contributed by atoms with E-state index in [0.717, 1.165) is 17.5 Å². The fraction of sp³-hybridized carbons (Fsp3) is 0.438. The van der Waals surface area contributed by atoms with Crippen LogP contribution in [0, 0.1) is 12.3 Å². The first-order valence-electron chi connectivity index (χ1n) is 7.42. The number of halogens is 1. The number of aromatic nitrogens is 1. The Morgan fingerprint density at radius 1 is 1.35 bits per heavy atom. The first kappa shape index (κ1) is 18.1. The minimum atomic E-state index is -3.53. The Morgan fingerprint density at radius 3 is 2.74 bits per heavy atom. The van der Waals surface area contributed by atoms with Crippen LogP contribution in [0.4, 0.5) is 0 Å². The highest BCUT2D eigenvalue weighted by Crippen LogP contribution is 2.34. The Morgan fingerprint density at radius 2 is 2.09 bits per heavy atom. The van der Waals surface area contributed by atoms with E-state index < -0.39 is 10.0 Å². The lowest BCUT2D eigenvalue weighted by atomic mass is 9.90. The fourth-order valence-corrected chi connectivity index (χ4v) is 4.78. The highest BCUT2D eigenvalue weighted by atomic mass is 35.5. The fourth-order valence-electron chi connectivity index (χ4n) is 3.00. The van der Waals surface area contributed by atoms with Crippen LogP contribution < -0.4 is 5.73 Å². The number of aryl methyl sites for hydroxylation is 1. The van der Waals surface area contributed by atoms with E-state index in [4.69, 9.17) is 5.73 Å². The van der Waals surface area contributed by atoms with Crippen LogP contribution in [0.15, 0.2) is 35.4 Å². The number of sulfonamides is 1. The standard InChI is InChI=1S/C16H21N3O2S.ClH/c1-12-5-6-14(13-4-3-8-18-15(12)13)22(20,21)19-9-7-16(2,10-17)11-19;/h3-6,8H,7,9-11,17H2,1-2H3;1H. The number of hydrogen-bond donors (Lipinski definition) is 1. The maximum absolute atomic E-state index is 13.0. The highest BCUT2D eigenvalue weighted by Gasteiger charge is 2.39. The third kappa shape index (κ3) is 3.08. The van der Waals surface area contributed by atoms with E-state index in [1.165, 1.54) is 0 Å². The molecule has 2 heterocycles. The molecule has 1 unspecified atom stereocenters. The van der Waals surface area contributed by atoms with Gasteiger partial charge in [0.15, 0.2) is 0 Å². The number of hydrogen-bond acceptors (Lipinski definition) is 4. The SMILES string of the molecule is Cc1ccc(S(=O)(=O)N2CCC(C)(CN)C2)c2cccnc12.Cl. The van der Waals surface area contributed by atoms with Crippen LogP contribution in [0.1, 0.15) is 18.9 Å². The van der Waals surface area contributed by atoms with Gasteiger partial charge in [0.2, 0.25) is 10.0 Å². The van der Waals surface area contributed by atoms with Gasteiger partial charge in [-0.3, -0.25) is 4.98 Å². The smallest absolute Gasteiger partial charge is 0.243 e. The summed E-state index contributed by atoms with van der Waals surface area (Å²) in [4.78, 5) is 4.66. The number of nitrogens with zero attached hydrogens (tertiary/aromatic N) is 2. The van der Waals surface area contributed by atoms with Gasteiger partial charge in [0.05, 0.1) is 10.4 Å². The summed E-state index contributed by atoms with van der Waals surface area (Å²) in [5.74, 6) is 0. The van der Waals surface area contributed by atoms with Gasteiger partial charge in [0.25, 0.3) is 0 Å². The van der Waals surface area contributed by atoms with E-state index in [2.05, 4.69) is 4.98 Å². The Balaban J connectivity index is 0.00000192. The first-order chi connectivity index (χ1) is 10.4. The highest BCUT2D eigenvalue weighted by molar-refractivity contribution is 7.89. The maximum atomic E-state index is 13.0. The third-order valence-electron chi connectivity index (χ3n) is 4.56. The van der Waals surface area contributed by atoms with Crippen LogP contribution in [0.3, 0.4) is 0 Å². The molecule has 3 rings (SSSR count). The molecule has 126 valence electrons. The monoisotopic (exact) mass is 355 g/mol. The Hall–Kier alpha value is -1.21. The molecular weight excluding hydrogens is 334 g/mol. The number of pyridine rings is 1. The van der Waals surface area contributed by atoms with Gasteiger partial charge in [-0.05, 0) is 49.1 Å². The van der Waals surface area contributed by atoms with Crippen molar-refractivity contribution in [3.05, 3.63) is 36.0 Å². The van der Waals surface area contributed by atoms with Gasteiger partial charge in [-0.25, -0.2) is 8.42 Å². The van der Waals surface area contributed by atoms with E-state index in [0.29, 0.717) is 29.9 Å². The summed E-state index contributed by atoms with van der Waals surface area (Å²) >= 11 is 0. The molecule has 0 bridgehead atoms. The summed E-state index contributed by atoms with van der Waals surface area (Å²) in [6.07, 6.45) is 2.48. The van der Waals surface area contributed by atoms with Crippen LogP contribution in [-0.4, -0.2) is 37.3 Å². The second-order valence-corrected chi connectivity index (χ2v) is 8.29. The molecule has 5 nitrogen and oxygen atoms in total. The second-order valence-electron chi connectivity index (χ2n) is 6.38. The number of rotatable bonds is 3. The molecule has 1 aliphatic rings. The van der Waals surface area contributed by atoms with Crippen molar-refractivity contribution in [1.82, 2.24) is 9.29 Å². The predicted octanol–water partition coefficient (Wildman–Crippen LogP) is 2.32. The van der Waals surface area contributed by atoms with Gasteiger partial charge < -0.3 is 5.73 Å². The van der Waals surface area contributed by atoms with E-state index in [-0.39, 0.29) is 17.8 Å². The summed E-state index contributed by atoms with van der Waals surface area (Å²) in [5.41, 5.74) is 7.37. The number of nitrogens with two attached hydrogens (primary N) is 1. The number of benzene rings is 1. The molecule has 1 aliphatic heterocycles. The van der Waals surface area contributed by atoms with Crippen molar-refractivity contribution in [1.29, 1.82) is 0 Å². The lowest BCUT2D eigenvalue weighted by molar-refractivity contribution is 0.350. The minimum Gasteiger partial charge on any atom is -0.330 e. The Kier molecular flexibility index (Phi) is 5.01. The lowest BCUT2D eigenvalue weighted by Crippen LogP contribution is -2.34. The molecule has 2 aromatic rings. The molecule has 1 saturated heterocycles. The van der Waals surface area contributed by atoms with E-state index in [9.17, 15) is 8.42 Å². The van der Waals surface area contributed by atoms with E-state index in [1.54, 1.807) is 22.6 Å². The van der Waals surface area contributed by atoms with Gasteiger partial charge in [-0.2, -0.15) is 4.31 Å². The van der Waals surface area contributed by atoms with Crippen LogP contribution in [0.5, 0.6) is 0 Å². The second kappa shape index (κ2) is 6.36. The van der Waals surface area contributed by atoms with Gasteiger partial charge >= 0.3 is 0 Å². The molecule has 1 aromatic heterocycles. The average Bonchev–Trinajstić information content (AvgIpc) is 2.92. The van der Waals surface area contributed by atoms with E-state index in [1.807, 2.05) is 26.0 Å². The van der Waals surface area contributed by atoms with Crippen molar-refractivity contribution in [2.24, 2.45) is 11.1 Å². The van der Waals surface area contributed by atoms with Crippen molar-refractivity contribution in [3.63, 3.8) is 0 Å². The molecule has 0 amide bonds. The molecule has 7 heteroatoms. The van der Waals surface area contributed by atoms with Gasteiger partial charge in [0, 0.05) is 24.7 Å². The zero-order valence-corrected chi connectivity index (χ0v) is 15.0. The summed E-state index contributed by atoms with van der Waals surface area (Å²) < 4.78 is 27.6. The molecule has 2 N–H and O–H groups in total. The molecule has 0 saturated carbocycles. The largest absolute Gasteiger partial charge is 0.330 e. The molecule has 1 atom stereocenters. The summed E-state index contributed by atoms with van der Waals surface area (Å²) in [5, 5.41) is 0.684. The molecule has 0 aliphatic carbocycles. The third-order valence-corrected chi connectivity index (χ3v) is 6.47. The molecule has 23 heavy (non-hydrogen) atoms. The average molecular weight is 356 g/mol. The summed E-state index contributed by atoms with van der Waals surface area (Å²) in [6.45, 7) is 5.47. The van der Waals surface area contributed by atoms with Gasteiger partial charge in [0.1, 0.15) is 0 Å². The Bertz CT molecular complexity index is 825. The summed E-state index contributed by atoms with van der Waals surface area (Å²) in [6, 6.07) is 7.10.